The van der Waals surface area contributed by atoms with Crippen LogP contribution in [-0.2, 0) is 54.1 Å². The number of carbonyl (C=O) groups excluding carboxylic acids is 4. The molecule has 4 heterocycles. The van der Waals surface area contributed by atoms with Gasteiger partial charge in [-0.25, -0.2) is 0 Å². The molecule has 2 bridgehead atoms. The molecule has 1 amide bonds. The first kappa shape index (κ1) is 43.9. The highest BCUT2D eigenvalue weighted by Crippen LogP contribution is 2.46. The Morgan fingerprint density at radius 1 is 1.04 bits per heavy atom. The number of hydrogen-bond acceptors (Lipinski definition) is 12. The van der Waals surface area contributed by atoms with Gasteiger partial charge in [-0.05, 0) is 72.2 Å². The fourth-order valence-electron chi connectivity index (χ4n) is 9.48. The van der Waals surface area contributed by atoms with Crippen molar-refractivity contribution < 1.29 is 52.7 Å². The summed E-state index contributed by atoms with van der Waals surface area (Å²) in [6, 6.07) is 9.30. The molecule has 4 aliphatic rings. The molecule has 56 heavy (non-hydrogen) atoms. The van der Waals surface area contributed by atoms with Crippen molar-refractivity contribution in [2.24, 2.45) is 29.6 Å². The van der Waals surface area contributed by atoms with Crippen molar-refractivity contribution in [1.29, 1.82) is 0 Å². The molecule has 13 heteroatoms. The predicted octanol–water partition coefficient (Wildman–Crippen LogP) is 4.38. The number of Topliss-reactive ketones (excluding diaryl/α,β-unsaturated/α-hetero) is 1. The van der Waals surface area contributed by atoms with E-state index in [0.717, 1.165) is 5.56 Å². The van der Waals surface area contributed by atoms with E-state index in [2.05, 4.69) is 5.32 Å². The lowest BCUT2D eigenvalue weighted by atomic mass is 9.70. The number of rotatable bonds is 7. The van der Waals surface area contributed by atoms with E-state index in [0.29, 0.717) is 25.0 Å². The molecule has 0 saturated carbocycles. The van der Waals surface area contributed by atoms with Crippen LogP contribution in [0.1, 0.15) is 86.6 Å². The zero-order chi connectivity index (χ0) is 41.1. The van der Waals surface area contributed by atoms with Crippen LogP contribution in [0, 0.1) is 29.6 Å². The van der Waals surface area contributed by atoms with E-state index in [-0.39, 0.29) is 49.9 Å². The Morgan fingerprint density at radius 2 is 1.73 bits per heavy atom. The molecule has 312 valence electrons. The summed E-state index contributed by atoms with van der Waals surface area (Å²) in [6.07, 6.45) is -2.31. The van der Waals surface area contributed by atoms with Gasteiger partial charge in [0.05, 0.1) is 49.5 Å². The number of likely N-dealkylation sites (N-methyl/N-ethyl adjacent to an activating group) is 1. The van der Waals surface area contributed by atoms with Gasteiger partial charge in [-0.15, -0.1) is 0 Å². The van der Waals surface area contributed by atoms with Gasteiger partial charge in [-0.3, -0.25) is 19.2 Å². The van der Waals surface area contributed by atoms with E-state index in [9.17, 15) is 24.3 Å². The number of hydrogen-bond donors (Lipinski definition) is 2. The molecule has 5 rings (SSSR count). The maximum Gasteiger partial charge on any atom is 0.311 e. The summed E-state index contributed by atoms with van der Waals surface area (Å²) in [7, 11) is 3.80. The number of ether oxygens (including phenoxy) is 6. The fraction of sp³-hybridized carbons (Fsp3) is 0.721. The van der Waals surface area contributed by atoms with E-state index >= 15 is 0 Å². The third-order valence-corrected chi connectivity index (χ3v) is 12.7. The van der Waals surface area contributed by atoms with E-state index in [4.69, 9.17) is 28.4 Å². The van der Waals surface area contributed by atoms with Crippen molar-refractivity contribution >= 4 is 23.6 Å². The normalized spacial score (nSPS) is 40.9. The minimum atomic E-state index is -1.25. The largest absolute Gasteiger partial charge is 0.458 e. The second-order valence-corrected chi connectivity index (χ2v) is 17.3. The molecule has 0 aromatic heterocycles. The molecule has 14 atom stereocenters. The van der Waals surface area contributed by atoms with E-state index in [1.807, 2.05) is 90.9 Å². The Morgan fingerprint density at radius 3 is 2.39 bits per heavy atom. The number of benzene rings is 1. The number of carbonyl (C=O) groups is 4. The van der Waals surface area contributed by atoms with Gasteiger partial charge in [-0.1, -0.05) is 58.0 Å². The number of ketones is 1. The molecule has 4 fully saturated rings. The van der Waals surface area contributed by atoms with Gasteiger partial charge >= 0.3 is 11.9 Å². The minimum absolute atomic E-state index is 0.0185. The van der Waals surface area contributed by atoms with Crippen LogP contribution in [0.5, 0.6) is 0 Å². The van der Waals surface area contributed by atoms with Crippen molar-refractivity contribution in [1.82, 2.24) is 10.2 Å². The first-order chi connectivity index (χ1) is 26.4. The average molecular weight is 785 g/mol. The second-order valence-electron chi connectivity index (χ2n) is 17.3. The number of esters is 2. The Labute approximate surface area is 332 Å². The standard InChI is InChI=1S/C43H64N2O11/c1-11-33-43(8)31(19-35(47)56-43)26(4)36(48)24(2)20-42(7)39(55-41-37(49)32(45(9)10)17-25(3)53-41)27(5)38(28(6)40(50)54-33)51-22-30(23-52-42)18-34(46)44-21-29-15-13-12-14-16-29/h12-16,18,24-28,31-33,37-39,41,49H,11,17,19-23H2,1-10H3,(H,44,46)/t24-,25-,26-,27+,28-,31+,32+,33-,37-,38+,39-,41+,42-,43+/m1/s1. The average Bonchev–Trinajstić information content (AvgIpc) is 3.49. The first-order valence-corrected chi connectivity index (χ1v) is 20.3. The Bertz CT molecular complexity index is 1590. The fourth-order valence-corrected chi connectivity index (χ4v) is 9.48. The smallest absolute Gasteiger partial charge is 0.311 e. The van der Waals surface area contributed by atoms with Crippen molar-refractivity contribution in [2.75, 3.05) is 27.3 Å². The van der Waals surface area contributed by atoms with Gasteiger partial charge in [0.15, 0.2) is 6.29 Å². The van der Waals surface area contributed by atoms with E-state index in [1.54, 1.807) is 13.8 Å². The van der Waals surface area contributed by atoms with E-state index < -0.39 is 83.4 Å². The summed E-state index contributed by atoms with van der Waals surface area (Å²) >= 11 is 0. The summed E-state index contributed by atoms with van der Waals surface area (Å²) in [5.74, 6) is -4.68. The minimum Gasteiger partial charge on any atom is -0.458 e. The summed E-state index contributed by atoms with van der Waals surface area (Å²) in [5, 5.41) is 14.6. The zero-order valence-corrected chi connectivity index (χ0v) is 34.8. The van der Waals surface area contributed by atoms with Gasteiger partial charge in [0.1, 0.15) is 23.6 Å². The molecule has 13 nitrogen and oxygen atoms in total. The number of aliphatic hydroxyl groups excluding tert-OH is 1. The number of fused-ring (bicyclic) bond motifs is 4. The molecule has 4 aliphatic heterocycles. The van der Waals surface area contributed by atoms with E-state index in [1.165, 1.54) is 6.08 Å². The molecule has 0 spiro atoms. The third kappa shape index (κ3) is 9.56. The lowest BCUT2D eigenvalue weighted by molar-refractivity contribution is -0.302. The van der Waals surface area contributed by atoms with Crippen LogP contribution in [0.3, 0.4) is 0 Å². The molecular formula is C43H64N2O11. The van der Waals surface area contributed by atoms with Crippen molar-refractivity contribution in [3.63, 3.8) is 0 Å². The highest BCUT2D eigenvalue weighted by molar-refractivity contribution is 5.88. The Kier molecular flexibility index (Phi) is 14.2. The molecular weight excluding hydrogens is 720 g/mol. The quantitative estimate of drug-likeness (QED) is 0.298. The highest BCUT2D eigenvalue weighted by Gasteiger charge is 2.57. The lowest BCUT2D eigenvalue weighted by Gasteiger charge is -2.48. The molecule has 2 N–H and O–H groups in total. The van der Waals surface area contributed by atoms with Gasteiger partial charge in [-0.2, -0.15) is 0 Å². The summed E-state index contributed by atoms with van der Waals surface area (Å²) in [5.41, 5.74) is -1.01. The molecule has 1 aromatic rings. The summed E-state index contributed by atoms with van der Waals surface area (Å²) in [4.78, 5) is 57.0. The topological polar surface area (TPSA) is 159 Å². The van der Waals surface area contributed by atoms with Crippen molar-refractivity contribution in [2.45, 2.75) is 142 Å². The van der Waals surface area contributed by atoms with Gasteiger partial charge in [0.2, 0.25) is 5.91 Å². The number of aliphatic hydroxyl groups is 1. The first-order valence-electron chi connectivity index (χ1n) is 20.3. The molecule has 4 saturated heterocycles. The third-order valence-electron chi connectivity index (χ3n) is 12.7. The molecule has 1 aromatic carbocycles. The SMILES string of the molecule is CC[C@H]1OC(=O)[C@H](C)[C@H]2OCC(=CC(=O)NCc3ccccc3)CO[C@](C)(C[C@@H](C)C(=O)[C@H](C)[C@@H]3CC(=O)O[C@]13C)[C@H](O[C@@H]1O[C@H](C)C[C@H](N(C)C)[C@H]1O)[C@H]2C. The Balaban J connectivity index is 1.59. The van der Waals surface area contributed by atoms with Crippen molar-refractivity contribution in [3.05, 3.63) is 47.5 Å². The maximum absolute atomic E-state index is 14.5. The predicted molar refractivity (Wildman–Crippen MR) is 207 cm³/mol. The van der Waals surface area contributed by atoms with Crippen molar-refractivity contribution in [3.8, 4) is 0 Å². The van der Waals surface area contributed by atoms with Gasteiger partial charge in [0, 0.05) is 42.3 Å². The van der Waals surface area contributed by atoms with Crippen LogP contribution in [0.4, 0.5) is 0 Å². The van der Waals surface area contributed by atoms with Crippen LogP contribution >= 0.6 is 0 Å². The Hall–Kier alpha value is -3.20. The zero-order valence-electron chi connectivity index (χ0n) is 34.8. The maximum atomic E-state index is 14.5. The summed E-state index contributed by atoms with van der Waals surface area (Å²) in [6.45, 7) is 14.9. The number of amides is 1. The second kappa shape index (κ2) is 18.2. The molecule has 0 unspecified atom stereocenters. The van der Waals surface area contributed by atoms with Gasteiger partial charge in [0.25, 0.3) is 0 Å². The van der Waals surface area contributed by atoms with Crippen LogP contribution in [0.25, 0.3) is 0 Å². The highest BCUT2D eigenvalue weighted by atomic mass is 16.7. The van der Waals surface area contributed by atoms with Gasteiger partial charge < -0.3 is 43.7 Å². The number of nitrogens with one attached hydrogen (secondary N) is 1. The number of cyclic esters (lactones) is 1. The van der Waals surface area contributed by atoms with Crippen LogP contribution < -0.4 is 5.32 Å². The van der Waals surface area contributed by atoms with Crippen LogP contribution in [0.15, 0.2) is 42.0 Å². The van der Waals surface area contributed by atoms with Crippen LogP contribution in [-0.4, -0.2) is 115 Å². The van der Waals surface area contributed by atoms with Crippen LogP contribution in [0.2, 0.25) is 0 Å². The lowest BCUT2D eigenvalue weighted by Crippen LogP contribution is -2.60. The summed E-state index contributed by atoms with van der Waals surface area (Å²) < 4.78 is 38.9. The number of nitrogens with zero attached hydrogens (tertiary/aromatic N) is 1. The molecule has 0 aliphatic carbocycles. The molecule has 0 radical (unpaired) electrons. The monoisotopic (exact) mass is 784 g/mol.